The lowest BCUT2D eigenvalue weighted by molar-refractivity contribution is 0.277. The summed E-state index contributed by atoms with van der Waals surface area (Å²) in [6.45, 7) is 0. The van der Waals surface area contributed by atoms with Crippen molar-refractivity contribution in [1.82, 2.24) is 0 Å². The molecular weight excluding hydrogens is 180 g/mol. The molecule has 0 N–H and O–H groups in total. The van der Waals surface area contributed by atoms with Gasteiger partial charge >= 0.3 is 9.28 Å². The molecule has 0 radical (unpaired) electrons. The summed E-state index contributed by atoms with van der Waals surface area (Å²) in [6.07, 6.45) is 1.05. The first-order valence-corrected chi connectivity index (χ1v) is 6.22. The van der Waals surface area contributed by atoms with Crippen LogP contribution in [0.4, 0.5) is 0 Å². The minimum atomic E-state index is -1.36. The Hall–Kier alpha value is -0.643. The average Bonchev–Trinajstić information content (AvgIpc) is 2.21. The minimum absolute atomic E-state index is 1.04. The fourth-order valence-corrected chi connectivity index (χ4v) is 2.49. The van der Waals surface area contributed by atoms with Crippen LogP contribution in [0.2, 0.25) is 6.04 Å². The SMILES string of the molecule is CO[SiH](CCc1ccccc1)OC. The van der Waals surface area contributed by atoms with Crippen molar-refractivity contribution >= 4 is 9.28 Å². The molecule has 3 heteroatoms. The van der Waals surface area contributed by atoms with Gasteiger partial charge in [0, 0.05) is 14.2 Å². The molecular formula is C10H16O2Si. The fraction of sp³-hybridized carbons (Fsp3) is 0.400. The monoisotopic (exact) mass is 196 g/mol. The van der Waals surface area contributed by atoms with Gasteiger partial charge in [0.05, 0.1) is 0 Å². The lowest BCUT2D eigenvalue weighted by atomic mass is 10.2. The second-order valence-corrected chi connectivity index (χ2v) is 5.30. The number of rotatable bonds is 5. The molecule has 0 aliphatic rings. The van der Waals surface area contributed by atoms with E-state index in [2.05, 4.69) is 24.3 Å². The van der Waals surface area contributed by atoms with Crippen LogP contribution in [0.5, 0.6) is 0 Å². The summed E-state index contributed by atoms with van der Waals surface area (Å²) in [5.41, 5.74) is 1.36. The molecule has 1 aromatic rings. The summed E-state index contributed by atoms with van der Waals surface area (Å²) < 4.78 is 10.5. The number of hydrogen-bond acceptors (Lipinski definition) is 2. The molecule has 0 atom stereocenters. The zero-order valence-electron chi connectivity index (χ0n) is 8.19. The minimum Gasteiger partial charge on any atom is -0.400 e. The predicted octanol–water partition coefficient (Wildman–Crippen LogP) is 1.74. The van der Waals surface area contributed by atoms with E-state index in [-0.39, 0.29) is 0 Å². The maximum Gasteiger partial charge on any atom is 0.321 e. The van der Waals surface area contributed by atoms with E-state index < -0.39 is 9.28 Å². The quantitative estimate of drug-likeness (QED) is 0.668. The first-order chi connectivity index (χ1) is 6.36. The van der Waals surface area contributed by atoms with Crippen molar-refractivity contribution < 1.29 is 8.85 Å². The second-order valence-electron chi connectivity index (χ2n) is 2.93. The van der Waals surface area contributed by atoms with Crippen molar-refractivity contribution in [3.8, 4) is 0 Å². The van der Waals surface area contributed by atoms with Gasteiger partial charge in [0.15, 0.2) is 0 Å². The Balaban J connectivity index is 2.34. The molecule has 1 rings (SSSR count). The third-order valence-electron chi connectivity index (χ3n) is 2.04. The summed E-state index contributed by atoms with van der Waals surface area (Å²) in [5, 5.41) is 0. The van der Waals surface area contributed by atoms with Crippen LogP contribution in [0.25, 0.3) is 0 Å². The van der Waals surface area contributed by atoms with E-state index in [1.165, 1.54) is 5.56 Å². The first kappa shape index (κ1) is 10.4. The van der Waals surface area contributed by atoms with E-state index in [0.29, 0.717) is 0 Å². The van der Waals surface area contributed by atoms with Crippen LogP contribution in [0.3, 0.4) is 0 Å². The highest BCUT2D eigenvalue weighted by Gasteiger charge is 2.08. The lowest BCUT2D eigenvalue weighted by Crippen LogP contribution is -2.19. The maximum atomic E-state index is 5.24. The molecule has 13 heavy (non-hydrogen) atoms. The zero-order chi connectivity index (χ0) is 9.52. The highest BCUT2D eigenvalue weighted by Crippen LogP contribution is 2.05. The van der Waals surface area contributed by atoms with Gasteiger partial charge in [0.25, 0.3) is 0 Å². The van der Waals surface area contributed by atoms with Gasteiger partial charge in [-0.1, -0.05) is 30.3 Å². The van der Waals surface area contributed by atoms with E-state index in [9.17, 15) is 0 Å². The molecule has 2 nitrogen and oxygen atoms in total. The fourth-order valence-electron chi connectivity index (χ4n) is 1.26. The van der Waals surface area contributed by atoms with E-state index in [4.69, 9.17) is 8.85 Å². The number of hydrogen-bond donors (Lipinski definition) is 0. The van der Waals surface area contributed by atoms with Crippen molar-refractivity contribution in [2.75, 3.05) is 14.2 Å². The highest BCUT2D eigenvalue weighted by molar-refractivity contribution is 6.44. The summed E-state index contributed by atoms with van der Waals surface area (Å²) in [5.74, 6) is 0. The van der Waals surface area contributed by atoms with E-state index in [1.54, 1.807) is 14.2 Å². The third-order valence-corrected chi connectivity index (χ3v) is 3.85. The molecule has 0 aliphatic carbocycles. The predicted molar refractivity (Wildman–Crippen MR) is 56.1 cm³/mol. The van der Waals surface area contributed by atoms with Crippen LogP contribution >= 0.6 is 0 Å². The summed E-state index contributed by atoms with van der Waals surface area (Å²) in [4.78, 5) is 0. The standard InChI is InChI=1S/C10H16O2Si/c1-11-13(12-2)9-8-10-6-4-3-5-7-10/h3-7,13H,8-9H2,1-2H3. The van der Waals surface area contributed by atoms with E-state index in [1.807, 2.05) is 6.07 Å². The highest BCUT2D eigenvalue weighted by atomic mass is 28.3. The molecule has 0 heterocycles. The van der Waals surface area contributed by atoms with Gasteiger partial charge in [0.1, 0.15) is 0 Å². The molecule has 0 saturated heterocycles. The lowest BCUT2D eigenvalue weighted by Gasteiger charge is -2.10. The van der Waals surface area contributed by atoms with E-state index in [0.717, 1.165) is 12.5 Å². The van der Waals surface area contributed by atoms with Gasteiger partial charge < -0.3 is 8.85 Å². The summed E-state index contributed by atoms with van der Waals surface area (Å²) in [6, 6.07) is 11.5. The van der Waals surface area contributed by atoms with Gasteiger partial charge in [-0.2, -0.15) is 0 Å². The van der Waals surface area contributed by atoms with Crippen LogP contribution in [0, 0.1) is 0 Å². The summed E-state index contributed by atoms with van der Waals surface area (Å²) in [7, 11) is 2.09. The van der Waals surface area contributed by atoms with Gasteiger partial charge in [0.2, 0.25) is 0 Å². The smallest absolute Gasteiger partial charge is 0.321 e. The van der Waals surface area contributed by atoms with Crippen LogP contribution < -0.4 is 0 Å². The Morgan fingerprint density at radius 2 is 1.69 bits per heavy atom. The Morgan fingerprint density at radius 1 is 1.08 bits per heavy atom. The van der Waals surface area contributed by atoms with Crippen molar-refractivity contribution in [2.45, 2.75) is 12.5 Å². The first-order valence-electron chi connectivity index (χ1n) is 4.46. The Bertz CT molecular complexity index is 222. The van der Waals surface area contributed by atoms with Crippen molar-refractivity contribution in [1.29, 1.82) is 0 Å². The van der Waals surface area contributed by atoms with Crippen LogP contribution in [0.15, 0.2) is 30.3 Å². The second kappa shape index (κ2) is 5.91. The molecule has 72 valence electrons. The van der Waals surface area contributed by atoms with Crippen molar-refractivity contribution in [3.63, 3.8) is 0 Å². The maximum absolute atomic E-state index is 5.24. The van der Waals surface area contributed by atoms with Crippen molar-refractivity contribution in [2.24, 2.45) is 0 Å². The molecule has 0 unspecified atom stereocenters. The number of benzene rings is 1. The third kappa shape index (κ3) is 3.72. The van der Waals surface area contributed by atoms with Crippen molar-refractivity contribution in [3.05, 3.63) is 35.9 Å². The zero-order valence-corrected chi connectivity index (χ0v) is 9.35. The van der Waals surface area contributed by atoms with Crippen LogP contribution in [0.1, 0.15) is 5.56 Å². The largest absolute Gasteiger partial charge is 0.400 e. The normalized spacial score (nSPS) is 10.7. The average molecular weight is 196 g/mol. The molecule has 0 fully saturated rings. The van der Waals surface area contributed by atoms with Gasteiger partial charge in [-0.25, -0.2) is 0 Å². The van der Waals surface area contributed by atoms with Crippen LogP contribution in [-0.2, 0) is 15.3 Å². The molecule has 0 aromatic heterocycles. The van der Waals surface area contributed by atoms with Gasteiger partial charge in [-0.3, -0.25) is 0 Å². The number of aryl methyl sites for hydroxylation is 1. The Morgan fingerprint density at radius 3 is 2.23 bits per heavy atom. The summed E-state index contributed by atoms with van der Waals surface area (Å²) >= 11 is 0. The van der Waals surface area contributed by atoms with E-state index >= 15 is 0 Å². The molecule has 0 spiro atoms. The Kier molecular flexibility index (Phi) is 4.75. The van der Waals surface area contributed by atoms with Crippen LogP contribution in [-0.4, -0.2) is 23.5 Å². The molecule has 0 aliphatic heterocycles. The topological polar surface area (TPSA) is 18.5 Å². The molecule has 0 saturated carbocycles. The molecule has 1 aromatic carbocycles. The Labute approximate surface area is 81.3 Å². The van der Waals surface area contributed by atoms with Gasteiger partial charge in [-0.05, 0) is 18.0 Å². The molecule has 0 amide bonds. The molecule has 0 bridgehead atoms. The van der Waals surface area contributed by atoms with Gasteiger partial charge in [-0.15, -0.1) is 0 Å².